The van der Waals surface area contributed by atoms with Crippen molar-refractivity contribution in [3.8, 4) is 17.6 Å². The molecular formula is C28H26FN3O4. The zero-order chi connectivity index (χ0) is 26.1. The summed E-state index contributed by atoms with van der Waals surface area (Å²) in [6.07, 6.45) is 1.40. The van der Waals surface area contributed by atoms with Crippen molar-refractivity contribution in [1.29, 1.82) is 5.26 Å². The van der Waals surface area contributed by atoms with Gasteiger partial charge in [0.1, 0.15) is 17.5 Å². The summed E-state index contributed by atoms with van der Waals surface area (Å²) in [6.45, 7) is 5.77. The van der Waals surface area contributed by atoms with Crippen molar-refractivity contribution < 1.29 is 23.5 Å². The lowest BCUT2D eigenvalue weighted by Gasteiger charge is -2.14. The van der Waals surface area contributed by atoms with E-state index in [0.29, 0.717) is 29.4 Å². The molecule has 184 valence electrons. The molecular weight excluding hydrogens is 461 g/mol. The van der Waals surface area contributed by atoms with Gasteiger partial charge in [0.25, 0.3) is 11.8 Å². The summed E-state index contributed by atoms with van der Waals surface area (Å²) >= 11 is 0. The van der Waals surface area contributed by atoms with Crippen molar-refractivity contribution >= 4 is 29.3 Å². The van der Waals surface area contributed by atoms with Crippen LogP contribution in [0.25, 0.3) is 6.08 Å². The van der Waals surface area contributed by atoms with Crippen LogP contribution < -0.4 is 20.1 Å². The van der Waals surface area contributed by atoms with Crippen molar-refractivity contribution in [3.63, 3.8) is 0 Å². The van der Waals surface area contributed by atoms with E-state index in [9.17, 15) is 19.2 Å². The Labute approximate surface area is 209 Å². The van der Waals surface area contributed by atoms with Gasteiger partial charge in [-0.25, -0.2) is 4.39 Å². The second kappa shape index (κ2) is 12.2. The third-order valence-electron chi connectivity index (χ3n) is 5.07. The van der Waals surface area contributed by atoms with E-state index in [4.69, 9.17) is 9.47 Å². The lowest BCUT2D eigenvalue weighted by Crippen LogP contribution is -2.21. The minimum Gasteiger partial charge on any atom is -0.490 e. The maximum absolute atomic E-state index is 13.1. The molecule has 0 spiro atoms. The second-order valence-corrected chi connectivity index (χ2v) is 7.93. The number of carbonyl (C=O) groups excluding carboxylic acids is 2. The monoisotopic (exact) mass is 487 g/mol. The molecule has 0 heterocycles. The average molecular weight is 488 g/mol. The molecule has 8 heteroatoms. The third kappa shape index (κ3) is 7.18. The van der Waals surface area contributed by atoms with Crippen LogP contribution in [0.5, 0.6) is 11.5 Å². The Bertz CT molecular complexity index is 1330. The highest BCUT2D eigenvalue weighted by Crippen LogP contribution is 2.29. The van der Waals surface area contributed by atoms with E-state index in [1.165, 1.54) is 30.3 Å². The number of nitrogens with zero attached hydrogens (tertiary/aromatic N) is 1. The van der Waals surface area contributed by atoms with Gasteiger partial charge in [0.15, 0.2) is 18.1 Å². The van der Waals surface area contributed by atoms with Crippen LogP contribution >= 0.6 is 0 Å². The minimum absolute atomic E-state index is 0.150. The molecule has 0 saturated carbocycles. The molecule has 0 atom stereocenters. The second-order valence-electron chi connectivity index (χ2n) is 7.93. The van der Waals surface area contributed by atoms with E-state index in [-0.39, 0.29) is 18.1 Å². The fourth-order valence-corrected chi connectivity index (χ4v) is 3.25. The van der Waals surface area contributed by atoms with Crippen LogP contribution in [0.3, 0.4) is 0 Å². The summed E-state index contributed by atoms with van der Waals surface area (Å²) in [4.78, 5) is 24.9. The lowest BCUT2D eigenvalue weighted by atomic mass is 10.1. The molecule has 0 aliphatic heterocycles. The number of amides is 2. The fourth-order valence-electron chi connectivity index (χ4n) is 3.25. The van der Waals surface area contributed by atoms with Crippen molar-refractivity contribution in [2.45, 2.75) is 20.8 Å². The molecule has 0 aliphatic carbocycles. The summed E-state index contributed by atoms with van der Waals surface area (Å²) in [5.74, 6) is -0.677. The van der Waals surface area contributed by atoms with Gasteiger partial charge >= 0.3 is 0 Å². The van der Waals surface area contributed by atoms with Crippen LogP contribution in [0.2, 0.25) is 0 Å². The Kier molecular flexibility index (Phi) is 8.79. The van der Waals surface area contributed by atoms with Gasteiger partial charge in [-0.05, 0) is 86.0 Å². The molecule has 2 N–H and O–H groups in total. The normalized spacial score (nSPS) is 10.8. The molecule has 0 aromatic heterocycles. The summed E-state index contributed by atoms with van der Waals surface area (Å²) in [5.41, 5.74) is 3.43. The first-order valence-electron chi connectivity index (χ1n) is 11.2. The maximum atomic E-state index is 13.1. The lowest BCUT2D eigenvalue weighted by molar-refractivity contribution is -0.118. The zero-order valence-corrected chi connectivity index (χ0v) is 20.2. The first-order valence-corrected chi connectivity index (χ1v) is 11.2. The molecule has 7 nitrogen and oxygen atoms in total. The van der Waals surface area contributed by atoms with E-state index in [0.717, 1.165) is 16.8 Å². The van der Waals surface area contributed by atoms with Crippen molar-refractivity contribution in [1.82, 2.24) is 0 Å². The zero-order valence-electron chi connectivity index (χ0n) is 20.2. The largest absolute Gasteiger partial charge is 0.490 e. The van der Waals surface area contributed by atoms with Crippen molar-refractivity contribution in [3.05, 3.63) is 88.7 Å². The van der Waals surface area contributed by atoms with Gasteiger partial charge in [-0.1, -0.05) is 18.2 Å². The standard InChI is InChI=1S/C28H26FN3O4/c1-4-35-26-15-20(14-21(16-30)28(34)31-23-10-8-22(29)9-11-23)7-12-25(26)36-17-27(33)32-24-13-18(2)5-6-19(24)3/h5-15H,4,17H2,1-3H3,(H,31,34)(H,32,33)/b21-14+. The number of carbonyl (C=O) groups is 2. The van der Waals surface area contributed by atoms with E-state index in [1.54, 1.807) is 25.1 Å². The summed E-state index contributed by atoms with van der Waals surface area (Å²) in [6, 6.07) is 17.7. The van der Waals surface area contributed by atoms with Crippen LogP contribution in [0.15, 0.2) is 66.2 Å². The van der Waals surface area contributed by atoms with Gasteiger partial charge in [0.2, 0.25) is 0 Å². The first-order chi connectivity index (χ1) is 17.3. The Morgan fingerprint density at radius 2 is 1.72 bits per heavy atom. The molecule has 2 amide bonds. The van der Waals surface area contributed by atoms with Crippen molar-refractivity contribution in [2.75, 3.05) is 23.8 Å². The predicted molar refractivity (Wildman–Crippen MR) is 136 cm³/mol. The van der Waals surface area contributed by atoms with E-state index in [1.807, 2.05) is 38.1 Å². The predicted octanol–water partition coefficient (Wildman–Crippen LogP) is 5.40. The van der Waals surface area contributed by atoms with Crippen LogP contribution in [0.1, 0.15) is 23.6 Å². The van der Waals surface area contributed by atoms with Gasteiger partial charge in [-0.3, -0.25) is 9.59 Å². The number of nitriles is 1. The topological polar surface area (TPSA) is 100 Å². The van der Waals surface area contributed by atoms with Crippen LogP contribution in [-0.2, 0) is 9.59 Å². The molecule has 36 heavy (non-hydrogen) atoms. The number of benzene rings is 3. The minimum atomic E-state index is -0.634. The summed E-state index contributed by atoms with van der Waals surface area (Å²) in [5, 5.41) is 14.9. The Morgan fingerprint density at radius 3 is 2.42 bits per heavy atom. The number of anilines is 2. The Balaban J connectivity index is 1.71. The van der Waals surface area contributed by atoms with Gasteiger partial charge in [-0.2, -0.15) is 5.26 Å². The molecule has 0 radical (unpaired) electrons. The molecule has 0 aliphatic rings. The highest BCUT2D eigenvalue weighted by Gasteiger charge is 2.13. The van der Waals surface area contributed by atoms with Crippen LogP contribution in [-0.4, -0.2) is 25.0 Å². The van der Waals surface area contributed by atoms with E-state index >= 15 is 0 Å². The van der Waals surface area contributed by atoms with Gasteiger partial charge in [0, 0.05) is 11.4 Å². The van der Waals surface area contributed by atoms with Crippen LogP contribution in [0, 0.1) is 31.0 Å². The van der Waals surface area contributed by atoms with Crippen LogP contribution in [0.4, 0.5) is 15.8 Å². The molecule has 0 fully saturated rings. The highest BCUT2D eigenvalue weighted by molar-refractivity contribution is 6.09. The SMILES string of the molecule is CCOc1cc(/C=C(\C#N)C(=O)Nc2ccc(F)cc2)ccc1OCC(=O)Nc1cc(C)ccc1C. The number of nitrogens with one attached hydrogen (secondary N) is 2. The van der Waals surface area contributed by atoms with E-state index in [2.05, 4.69) is 10.6 Å². The molecule has 3 aromatic carbocycles. The number of aryl methyl sites for hydroxylation is 2. The summed E-state index contributed by atoms with van der Waals surface area (Å²) in [7, 11) is 0. The van der Waals surface area contributed by atoms with Crippen molar-refractivity contribution in [2.24, 2.45) is 0 Å². The summed E-state index contributed by atoms with van der Waals surface area (Å²) < 4.78 is 24.4. The van der Waals surface area contributed by atoms with Gasteiger partial charge < -0.3 is 20.1 Å². The number of hydrogen-bond acceptors (Lipinski definition) is 5. The molecule has 0 unspecified atom stereocenters. The molecule has 0 saturated heterocycles. The highest BCUT2D eigenvalue weighted by atomic mass is 19.1. The Hall–Kier alpha value is -4.64. The van der Waals surface area contributed by atoms with Gasteiger partial charge in [-0.15, -0.1) is 0 Å². The Morgan fingerprint density at radius 1 is 0.972 bits per heavy atom. The maximum Gasteiger partial charge on any atom is 0.266 e. The fraction of sp³-hybridized carbons (Fsp3) is 0.179. The number of halogens is 1. The number of rotatable bonds is 9. The first kappa shape index (κ1) is 26.0. The molecule has 3 rings (SSSR count). The van der Waals surface area contributed by atoms with Gasteiger partial charge in [0.05, 0.1) is 6.61 Å². The molecule has 3 aromatic rings. The third-order valence-corrected chi connectivity index (χ3v) is 5.07. The number of ether oxygens (including phenoxy) is 2. The van der Waals surface area contributed by atoms with E-state index < -0.39 is 11.7 Å². The quantitative estimate of drug-likeness (QED) is 0.311. The number of hydrogen-bond donors (Lipinski definition) is 2. The molecule has 0 bridgehead atoms. The smallest absolute Gasteiger partial charge is 0.266 e. The average Bonchev–Trinajstić information content (AvgIpc) is 2.85.